The Balaban J connectivity index is 2.55. The molecule has 0 aliphatic rings. The predicted molar refractivity (Wildman–Crippen MR) is 88.4 cm³/mol. The maximum atomic E-state index is 10.2. The summed E-state index contributed by atoms with van der Waals surface area (Å²) < 4.78 is 10.2. The number of guanidine groups is 1. The Labute approximate surface area is 132 Å². The van der Waals surface area contributed by atoms with Crippen LogP contribution in [0.3, 0.4) is 0 Å². The maximum Gasteiger partial charge on any atom is 0.191 e. The van der Waals surface area contributed by atoms with Gasteiger partial charge in [-0.05, 0) is 31.0 Å². The van der Waals surface area contributed by atoms with Crippen molar-refractivity contribution in [2.45, 2.75) is 19.4 Å². The van der Waals surface area contributed by atoms with Gasteiger partial charge in [-0.15, -0.1) is 0 Å². The molecule has 1 aromatic rings. The molecule has 1 unspecified atom stereocenters. The highest BCUT2D eigenvalue weighted by atomic mass is 16.5. The van der Waals surface area contributed by atoms with Gasteiger partial charge in [-0.1, -0.05) is 12.1 Å². The molecule has 124 valence electrons. The molecule has 0 amide bonds. The van der Waals surface area contributed by atoms with E-state index in [9.17, 15) is 5.11 Å². The van der Waals surface area contributed by atoms with Crippen molar-refractivity contribution in [3.05, 3.63) is 29.8 Å². The first-order chi connectivity index (χ1) is 10.7. The SMILES string of the molecule is CCNC(=NCC(O)c1cccc(OC)c1)NCCCOC. The van der Waals surface area contributed by atoms with E-state index in [1.165, 1.54) is 0 Å². The molecular formula is C16H27N3O3. The topological polar surface area (TPSA) is 75.1 Å². The minimum absolute atomic E-state index is 0.285. The molecule has 1 rings (SSSR count). The van der Waals surface area contributed by atoms with Crippen LogP contribution in [0.2, 0.25) is 0 Å². The van der Waals surface area contributed by atoms with Crippen LogP contribution in [0.15, 0.2) is 29.3 Å². The number of hydrogen-bond acceptors (Lipinski definition) is 4. The van der Waals surface area contributed by atoms with Crippen LogP contribution in [-0.2, 0) is 4.74 Å². The van der Waals surface area contributed by atoms with Gasteiger partial charge < -0.3 is 25.2 Å². The molecule has 0 saturated carbocycles. The number of aliphatic imine (C=N–C) groups is 1. The third kappa shape index (κ3) is 6.78. The fraction of sp³-hybridized carbons (Fsp3) is 0.562. The first kappa shape index (κ1) is 18.3. The highest BCUT2D eigenvalue weighted by Crippen LogP contribution is 2.19. The number of methoxy groups -OCH3 is 2. The Morgan fingerprint density at radius 3 is 2.82 bits per heavy atom. The van der Waals surface area contributed by atoms with E-state index in [-0.39, 0.29) is 6.54 Å². The quantitative estimate of drug-likeness (QED) is 0.364. The Morgan fingerprint density at radius 2 is 2.14 bits per heavy atom. The lowest BCUT2D eigenvalue weighted by Crippen LogP contribution is -2.38. The molecule has 0 bridgehead atoms. The van der Waals surface area contributed by atoms with E-state index in [1.54, 1.807) is 14.2 Å². The van der Waals surface area contributed by atoms with Crippen LogP contribution in [0, 0.1) is 0 Å². The average Bonchev–Trinajstić information content (AvgIpc) is 2.56. The zero-order valence-corrected chi connectivity index (χ0v) is 13.6. The van der Waals surface area contributed by atoms with E-state index in [4.69, 9.17) is 9.47 Å². The number of aliphatic hydroxyl groups excluding tert-OH is 1. The Kier molecular flexibility index (Phi) is 9.02. The monoisotopic (exact) mass is 309 g/mol. The lowest BCUT2D eigenvalue weighted by molar-refractivity contribution is 0.186. The fourth-order valence-corrected chi connectivity index (χ4v) is 1.90. The van der Waals surface area contributed by atoms with E-state index < -0.39 is 6.10 Å². The average molecular weight is 309 g/mol. The highest BCUT2D eigenvalue weighted by Gasteiger charge is 2.08. The second-order valence-corrected chi connectivity index (χ2v) is 4.79. The van der Waals surface area contributed by atoms with Crippen LogP contribution in [0.5, 0.6) is 5.75 Å². The van der Waals surface area contributed by atoms with Gasteiger partial charge in [-0.3, -0.25) is 4.99 Å². The van der Waals surface area contributed by atoms with Crippen molar-refractivity contribution < 1.29 is 14.6 Å². The van der Waals surface area contributed by atoms with Crippen LogP contribution in [0.25, 0.3) is 0 Å². The summed E-state index contributed by atoms with van der Waals surface area (Å²) in [5, 5.41) is 16.6. The van der Waals surface area contributed by atoms with Gasteiger partial charge in [0.2, 0.25) is 0 Å². The second-order valence-electron chi connectivity index (χ2n) is 4.79. The van der Waals surface area contributed by atoms with Crippen molar-refractivity contribution >= 4 is 5.96 Å². The molecule has 6 heteroatoms. The summed E-state index contributed by atoms with van der Waals surface area (Å²) in [7, 11) is 3.29. The molecular weight excluding hydrogens is 282 g/mol. The molecule has 1 aromatic carbocycles. The fourth-order valence-electron chi connectivity index (χ4n) is 1.90. The minimum Gasteiger partial charge on any atom is -0.497 e. The number of nitrogens with one attached hydrogen (secondary N) is 2. The summed E-state index contributed by atoms with van der Waals surface area (Å²) in [4.78, 5) is 4.41. The van der Waals surface area contributed by atoms with Crippen LogP contribution in [0.4, 0.5) is 0 Å². The molecule has 6 nitrogen and oxygen atoms in total. The van der Waals surface area contributed by atoms with Gasteiger partial charge in [-0.25, -0.2) is 0 Å². The molecule has 22 heavy (non-hydrogen) atoms. The van der Waals surface area contributed by atoms with Crippen LogP contribution in [-0.4, -0.2) is 51.5 Å². The Bertz CT molecular complexity index is 452. The van der Waals surface area contributed by atoms with Crippen molar-refractivity contribution in [2.75, 3.05) is 40.5 Å². The first-order valence-electron chi connectivity index (χ1n) is 7.54. The molecule has 0 aliphatic heterocycles. The van der Waals surface area contributed by atoms with E-state index in [2.05, 4.69) is 15.6 Å². The van der Waals surface area contributed by atoms with Crippen molar-refractivity contribution in [3.8, 4) is 5.75 Å². The molecule has 0 aliphatic carbocycles. The van der Waals surface area contributed by atoms with Gasteiger partial charge in [0.05, 0.1) is 19.8 Å². The molecule has 0 radical (unpaired) electrons. The highest BCUT2D eigenvalue weighted by molar-refractivity contribution is 5.79. The molecule has 0 spiro atoms. The number of nitrogens with zero attached hydrogens (tertiary/aromatic N) is 1. The molecule has 0 aromatic heterocycles. The molecule has 1 atom stereocenters. The number of hydrogen-bond donors (Lipinski definition) is 3. The third-order valence-corrected chi connectivity index (χ3v) is 3.06. The van der Waals surface area contributed by atoms with E-state index in [1.807, 2.05) is 31.2 Å². The maximum absolute atomic E-state index is 10.2. The van der Waals surface area contributed by atoms with Crippen molar-refractivity contribution in [2.24, 2.45) is 4.99 Å². The minimum atomic E-state index is -0.662. The predicted octanol–water partition coefficient (Wildman–Crippen LogP) is 1.32. The number of benzene rings is 1. The largest absolute Gasteiger partial charge is 0.497 e. The summed E-state index contributed by atoms with van der Waals surface area (Å²) in [6.07, 6.45) is 0.240. The Hall–Kier alpha value is -1.79. The summed E-state index contributed by atoms with van der Waals surface area (Å²) in [6.45, 7) is 4.54. The van der Waals surface area contributed by atoms with Gasteiger partial charge in [0.15, 0.2) is 5.96 Å². The van der Waals surface area contributed by atoms with Gasteiger partial charge in [0, 0.05) is 26.8 Å². The second kappa shape index (κ2) is 10.9. The van der Waals surface area contributed by atoms with Gasteiger partial charge in [-0.2, -0.15) is 0 Å². The van der Waals surface area contributed by atoms with E-state index in [0.29, 0.717) is 12.6 Å². The first-order valence-corrected chi connectivity index (χ1v) is 7.54. The third-order valence-electron chi connectivity index (χ3n) is 3.06. The number of aliphatic hydroxyl groups is 1. The number of ether oxygens (including phenoxy) is 2. The summed E-state index contributed by atoms with van der Waals surface area (Å²) in [5.41, 5.74) is 0.790. The smallest absolute Gasteiger partial charge is 0.191 e. The normalized spacial score (nSPS) is 12.8. The zero-order valence-electron chi connectivity index (χ0n) is 13.6. The Morgan fingerprint density at radius 1 is 1.32 bits per heavy atom. The molecule has 0 heterocycles. The standard InChI is InChI=1S/C16H27N3O3/c1-4-17-16(18-9-6-10-21-2)19-12-15(20)13-7-5-8-14(11-13)22-3/h5,7-8,11,15,20H,4,6,9-10,12H2,1-3H3,(H2,17,18,19). The van der Waals surface area contributed by atoms with E-state index >= 15 is 0 Å². The van der Waals surface area contributed by atoms with Crippen LogP contribution in [0.1, 0.15) is 25.0 Å². The summed E-state index contributed by atoms with van der Waals surface area (Å²) in [6, 6.07) is 7.39. The molecule has 3 N–H and O–H groups in total. The van der Waals surface area contributed by atoms with Crippen LogP contribution >= 0.6 is 0 Å². The van der Waals surface area contributed by atoms with Crippen molar-refractivity contribution in [3.63, 3.8) is 0 Å². The lowest BCUT2D eigenvalue weighted by Gasteiger charge is -2.13. The summed E-state index contributed by atoms with van der Waals surface area (Å²) >= 11 is 0. The molecule has 0 saturated heterocycles. The van der Waals surface area contributed by atoms with Gasteiger partial charge in [0.25, 0.3) is 0 Å². The molecule has 0 fully saturated rings. The number of rotatable bonds is 9. The van der Waals surface area contributed by atoms with Crippen LogP contribution < -0.4 is 15.4 Å². The van der Waals surface area contributed by atoms with Gasteiger partial charge in [0.1, 0.15) is 5.75 Å². The zero-order chi connectivity index (χ0) is 16.2. The van der Waals surface area contributed by atoms with Crippen molar-refractivity contribution in [1.29, 1.82) is 0 Å². The summed E-state index contributed by atoms with van der Waals surface area (Å²) in [5.74, 6) is 1.42. The lowest BCUT2D eigenvalue weighted by atomic mass is 10.1. The van der Waals surface area contributed by atoms with Crippen molar-refractivity contribution in [1.82, 2.24) is 10.6 Å². The van der Waals surface area contributed by atoms with E-state index in [0.717, 1.165) is 30.8 Å². The van der Waals surface area contributed by atoms with Gasteiger partial charge >= 0.3 is 0 Å².